The molecule has 0 unspecified atom stereocenters. The number of benzene rings is 2. The van der Waals surface area contributed by atoms with Gasteiger partial charge in [0, 0.05) is 29.2 Å². The molecule has 1 aliphatic heterocycles. The lowest BCUT2D eigenvalue weighted by atomic mass is 10.2. The molecule has 0 saturated heterocycles. The van der Waals surface area contributed by atoms with Gasteiger partial charge >= 0.3 is 0 Å². The van der Waals surface area contributed by atoms with Gasteiger partial charge in [0.2, 0.25) is 12.7 Å². The van der Waals surface area contributed by atoms with E-state index >= 15 is 0 Å². The van der Waals surface area contributed by atoms with Crippen molar-refractivity contribution in [3.05, 3.63) is 54.2 Å². The first-order chi connectivity index (χ1) is 12.7. The minimum atomic E-state index is 0.246. The van der Waals surface area contributed by atoms with E-state index in [-0.39, 0.29) is 6.79 Å². The van der Waals surface area contributed by atoms with Gasteiger partial charge in [0.15, 0.2) is 11.5 Å². The average molecular weight is 350 g/mol. The summed E-state index contributed by atoms with van der Waals surface area (Å²) >= 11 is 0. The molecule has 0 spiro atoms. The second-order valence-corrected chi connectivity index (χ2v) is 5.77. The summed E-state index contributed by atoms with van der Waals surface area (Å²) < 4.78 is 15.9. The maximum atomic E-state index is 5.39. The summed E-state index contributed by atoms with van der Waals surface area (Å²) in [6.07, 6.45) is 1.77. The lowest BCUT2D eigenvalue weighted by Gasteiger charge is -2.11. The molecule has 2 N–H and O–H groups in total. The van der Waals surface area contributed by atoms with Gasteiger partial charge in [0.05, 0.1) is 7.11 Å². The fourth-order valence-electron chi connectivity index (χ4n) is 2.54. The van der Waals surface area contributed by atoms with E-state index in [2.05, 4.69) is 20.6 Å². The van der Waals surface area contributed by atoms with Crippen LogP contribution in [0.2, 0.25) is 0 Å². The van der Waals surface area contributed by atoms with Crippen LogP contribution in [0.5, 0.6) is 17.2 Å². The summed E-state index contributed by atoms with van der Waals surface area (Å²) in [5.41, 5.74) is 2.69. The molecule has 0 bridgehead atoms. The Hall–Kier alpha value is -3.48. The number of nitrogens with zero attached hydrogens (tertiary/aromatic N) is 2. The number of nitrogens with one attached hydrogen (secondary N) is 2. The molecule has 1 aliphatic rings. The van der Waals surface area contributed by atoms with Crippen LogP contribution in [0, 0.1) is 6.92 Å². The number of hydrogen-bond acceptors (Lipinski definition) is 7. The van der Waals surface area contributed by atoms with E-state index < -0.39 is 0 Å². The zero-order valence-electron chi connectivity index (χ0n) is 14.4. The molecular formula is C19H18N4O3. The highest BCUT2D eigenvalue weighted by atomic mass is 16.7. The van der Waals surface area contributed by atoms with Gasteiger partial charge in [-0.2, -0.15) is 4.98 Å². The highest BCUT2D eigenvalue weighted by Gasteiger charge is 2.14. The van der Waals surface area contributed by atoms with Gasteiger partial charge in [-0.05, 0) is 43.3 Å². The minimum Gasteiger partial charge on any atom is -0.497 e. The van der Waals surface area contributed by atoms with E-state index in [9.17, 15) is 0 Å². The van der Waals surface area contributed by atoms with Gasteiger partial charge in [-0.25, -0.2) is 4.98 Å². The Morgan fingerprint density at radius 3 is 2.54 bits per heavy atom. The molecule has 0 aliphatic carbocycles. The van der Waals surface area contributed by atoms with E-state index in [1.54, 1.807) is 13.3 Å². The number of rotatable bonds is 5. The molecule has 7 heteroatoms. The molecule has 26 heavy (non-hydrogen) atoms. The third-order valence-electron chi connectivity index (χ3n) is 3.95. The lowest BCUT2D eigenvalue weighted by molar-refractivity contribution is 0.174. The van der Waals surface area contributed by atoms with Crippen LogP contribution in [0.15, 0.2) is 48.7 Å². The summed E-state index contributed by atoms with van der Waals surface area (Å²) in [4.78, 5) is 8.90. The van der Waals surface area contributed by atoms with Crippen molar-refractivity contribution in [2.75, 3.05) is 24.5 Å². The normalized spacial score (nSPS) is 11.9. The summed E-state index contributed by atoms with van der Waals surface area (Å²) in [7, 11) is 1.64. The molecule has 0 saturated carbocycles. The van der Waals surface area contributed by atoms with Crippen molar-refractivity contribution in [3.63, 3.8) is 0 Å². The van der Waals surface area contributed by atoms with Gasteiger partial charge in [-0.15, -0.1) is 0 Å². The van der Waals surface area contributed by atoms with E-state index in [1.807, 2.05) is 49.4 Å². The summed E-state index contributed by atoms with van der Waals surface area (Å²) in [5.74, 6) is 3.47. The lowest BCUT2D eigenvalue weighted by Crippen LogP contribution is -2.02. The van der Waals surface area contributed by atoms with Crippen molar-refractivity contribution < 1.29 is 14.2 Å². The van der Waals surface area contributed by atoms with Crippen molar-refractivity contribution in [2.45, 2.75) is 6.92 Å². The predicted molar refractivity (Wildman–Crippen MR) is 98.9 cm³/mol. The zero-order chi connectivity index (χ0) is 17.9. The van der Waals surface area contributed by atoms with Gasteiger partial charge in [-0.1, -0.05) is 0 Å². The molecule has 2 aromatic carbocycles. The first-order valence-electron chi connectivity index (χ1n) is 8.13. The van der Waals surface area contributed by atoms with Crippen LogP contribution < -0.4 is 24.8 Å². The summed E-state index contributed by atoms with van der Waals surface area (Å²) in [5, 5.41) is 6.49. The first kappa shape index (κ1) is 16.0. The van der Waals surface area contributed by atoms with Crippen molar-refractivity contribution in [3.8, 4) is 17.2 Å². The number of hydrogen-bond donors (Lipinski definition) is 2. The van der Waals surface area contributed by atoms with Crippen LogP contribution in [0.25, 0.3) is 0 Å². The Morgan fingerprint density at radius 2 is 1.73 bits per heavy atom. The molecule has 0 radical (unpaired) electrons. The number of anilines is 4. The highest BCUT2D eigenvalue weighted by molar-refractivity contribution is 5.64. The van der Waals surface area contributed by atoms with Crippen LogP contribution in [0.4, 0.5) is 23.1 Å². The Balaban J connectivity index is 1.53. The number of methoxy groups -OCH3 is 1. The van der Waals surface area contributed by atoms with Gasteiger partial charge in [0.25, 0.3) is 0 Å². The second kappa shape index (κ2) is 6.79. The van der Waals surface area contributed by atoms with E-state index in [0.717, 1.165) is 34.3 Å². The Bertz CT molecular complexity index is 929. The molecule has 2 heterocycles. The first-order valence-corrected chi connectivity index (χ1v) is 8.13. The van der Waals surface area contributed by atoms with Crippen LogP contribution in [-0.4, -0.2) is 23.9 Å². The Labute approximate surface area is 151 Å². The van der Waals surface area contributed by atoms with Crippen molar-refractivity contribution >= 4 is 23.1 Å². The van der Waals surface area contributed by atoms with Crippen molar-refractivity contribution in [2.24, 2.45) is 0 Å². The van der Waals surface area contributed by atoms with Crippen LogP contribution >= 0.6 is 0 Å². The number of aromatic nitrogens is 2. The number of fused-ring (bicyclic) bond motifs is 1. The molecule has 4 rings (SSSR count). The third-order valence-corrected chi connectivity index (χ3v) is 3.95. The van der Waals surface area contributed by atoms with Crippen LogP contribution in [-0.2, 0) is 0 Å². The molecule has 3 aromatic rings. The van der Waals surface area contributed by atoms with Gasteiger partial charge in [-0.3, -0.25) is 0 Å². The summed E-state index contributed by atoms with van der Waals surface area (Å²) in [6.45, 7) is 2.20. The predicted octanol–water partition coefficient (Wildman–Crippen LogP) is 4.01. The van der Waals surface area contributed by atoms with Crippen molar-refractivity contribution in [1.82, 2.24) is 9.97 Å². The number of ether oxygens (including phenoxy) is 3. The maximum Gasteiger partial charge on any atom is 0.231 e. The Morgan fingerprint density at radius 1 is 0.962 bits per heavy atom. The number of aryl methyl sites for hydroxylation is 1. The monoisotopic (exact) mass is 350 g/mol. The topological polar surface area (TPSA) is 77.5 Å². The zero-order valence-corrected chi connectivity index (χ0v) is 14.4. The molecule has 0 amide bonds. The smallest absolute Gasteiger partial charge is 0.231 e. The van der Waals surface area contributed by atoms with Crippen LogP contribution in [0.1, 0.15) is 5.56 Å². The molecule has 0 atom stereocenters. The quantitative estimate of drug-likeness (QED) is 0.720. The third kappa shape index (κ3) is 3.32. The molecular weight excluding hydrogens is 332 g/mol. The fraction of sp³-hybridized carbons (Fsp3) is 0.158. The van der Waals surface area contributed by atoms with Gasteiger partial charge < -0.3 is 24.8 Å². The SMILES string of the molecule is COc1ccc(Nc2nc(Nc3ccc4c(c3)OCO4)ncc2C)cc1. The van der Waals surface area contributed by atoms with E-state index in [4.69, 9.17) is 14.2 Å². The summed E-state index contributed by atoms with van der Waals surface area (Å²) in [6, 6.07) is 13.3. The van der Waals surface area contributed by atoms with Crippen LogP contribution in [0.3, 0.4) is 0 Å². The minimum absolute atomic E-state index is 0.246. The van der Waals surface area contributed by atoms with Crippen molar-refractivity contribution in [1.29, 1.82) is 0 Å². The maximum absolute atomic E-state index is 5.39. The molecule has 7 nitrogen and oxygen atoms in total. The molecule has 0 fully saturated rings. The molecule has 132 valence electrons. The fourth-order valence-corrected chi connectivity index (χ4v) is 2.54. The Kier molecular flexibility index (Phi) is 4.18. The average Bonchev–Trinajstić information content (AvgIpc) is 3.13. The second-order valence-electron chi connectivity index (χ2n) is 5.77. The molecule has 1 aromatic heterocycles. The van der Waals surface area contributed by atoms with Gasteiger partial charge in [0.1, 0.15) is 11.6 Å². The van der Waals surface area contributed by atoms with E-state index in [1.165, 1.54) is 0 Å². The highest BCUT2D eigenvalue weighted by Crippen LogP contribution is 2.35. The largest absolute Gasteiger partial charge is 0.497 e. The standard InChI is InChI=1S/C19H18N4O3/c1-12-10-20-19(22-14-5-8-16-17(9-14)26-11-25-16)23-18(12)21-13-3-6-15(24-2)7-4-13/h3-10H,11H2,1-2H3,(H2,20,21,22,23). The van der Waals surface area contributed by atoms with E-state index in [0.29, 0.717) is 11.7 Å².